The van der Waals surface area contributed by atoms with Gasteiger partial charge in [-0.25, -0.2) is 0 Å². The molecule has 0 fully saturated rings. The number of rotatable bonds is 3. The first kappa shape index (κ1) is 9.94. The zero-order valence-corrected chi connectivity index (χ0v) is 7.12. The summed E-state index contributed by atoms with van der Waals surface area (Å²) in [6.07, 6.45) is 1.64. The van der Waals surface area contributed by atoms with Gasteiger partial charge in [0.1, 0.15) is 0 Å². The fraction of sp³-hybridized carbons (Fsp3) is 0.714. The molecule has 0 aromatic rings. The number of guanidine groups is 1. The standard InChI is InChI=1S/C7H16N4/c1-3-5-6(8)11-7(9)10-4-2/h3-5H2,1-2H3,(H4,8,9,10,11). The van der Waals surface area contributed by atoms with Gasteiger partial charge in [-0.05, 0) is 13.3 Å². The van der Waals surface area contributed by atoms with Gasteiger partial charge in [-0.2, -0.15) is 0 Å². The van der Waals surface area contributed by atoms with Crippen molar-refractivity contribution < 1.29 is 0 Å². The second-order valence-corrected chi connectivity index (χ2v) is 2.26. The van der Waals surface area contributed by atoms with Crippen molar-refractivity contribution in [2.45, 2.75) is 26.7 Å². The van der Waals surface area contributed by atoms with Crippen LogP contribution in [-0.2, 0) is 0 Å². The number of hydrogen-bond donors (Lipinski definition) is 4. The quantitative estimate of drug-likeness (QED) is 0.362. The molecule has 0 saturated heterocycles. The molecule has 0 aromatic carbocycles. The average Bonchev–Trinajstić information content (AvgIpc) is 1.87. The maximum atomic E-state index is 7.31. The predicted octanol–water partition coefficient (Wildman–Crippen LogP) is 0.898. The highest BCUT2D eigenvalue weighted by Crippen LogP contribution is 1.84. The molecule has 0 aliphatic rings. The van der Waals surface area contributed by atoms with Gasteiger partial charge in [0.05, 0.1) is 5.84 Å². The third-order valence-electron chi connectivity index (χ3n) is 1.13. The minimum absolute atomic E-state index is 0.214. The lowest BCUT2D eigenvalue weighted by atomic mass is 10.3. The smallest absolute Gasteiger partial charge is 0.193 e. The molecule has 0 unspecified atom stereocenters. The summed E-state index contributed by atoms with van der Waals surface area (Å²) in [4.78, 5) is 0. The topological polar surface area (TPSA) is 71.8 Å². The third kappa shape index (κ3) is 5.39. The summed E-state index contributed by atoms with van der Waals surface area (Å²) in [6, 6.07) is 0. The molecule has 0 rings (SSSR count). The highest BCUT2D eigenvalue weighted by atomic mass is 15.1. The van der Waals surface area contributed by atoms with E-state index >= 15 is 0 Å². The first-order chi connectivity index (χ1) is 5.20. The number of nitrogens with one attached hydrogen (secondary N) is 4. The van der Waals surface area contributed by atoms with Gasteiger partial charge in [0.2, 0.25) is 0 Å². The van der Waals surface area contributed by atoms with Gasteiger partial charge in [0.15, 0.2) is 5.96 Å². The Morgan fingerprint density at radius 1 is 1.27 bits per heavy atom. The zero-order chi connectivity index (χ0) is 8.69. The van der Waals surface area contributed by atoms with E-state index in [2.05, 4.69) is 10.6 Å². The Morgan fingerprint density at radius 3 is 2.36 bits per heavy atom. The van der Waals surface area contributed by atoms with Crippen molar-refractivity contribution in [3.05, 3.63) is 0 Å². The maximum Gasteiger partial charge on any atom is 0.193 e. The molecule has 0 saturated carbocycles. The fourth-order valence-corrected chi connectivity index (χ4v) is 0.684. The summed E-state index contributed by atoms with van der Waals surface area (Å²) >= 11 is 0. The predicted molar refractivity (Wildman–Crippen MR) is 47.2 cm³/mol. The Bertz CT molecular complexity index is 125. The van der Waals surface area contributed by atoms with Crippen LogP contribution in [0, 0.1) is 10.8 Å². The molecular formula is C7H16N4. The summed E-state index contributed by atoms with van der Waals surface area (Å²) in [6.45, 7) is 4.64. The molecule has 11 heavy (non-hydrogen) atoms. The average molecular weight is 156 g/mol. The van der Waals surface area contributed by atoms with E-state index in [9.17, 15) is 0 Å². The van der Waals surface area contributed by atoms with Crippen LogP contribution in [0.25, 0.3) is 0 Å². The van der Waals surface area contributed by atoms with Crippen LogP contribution in [0.5, 0.6) is 0 Å². The Hall–Kier alpha value is -1.06. The normalized spacial score (nSPS) is 8.91. The molecule has 0 bridgehead atoms. The molecule has 0 aliphatic carbocycles. The van der Waals surface area contributed by atoms with Crippen molar-refractivity contribution in [3.8, 4) is 0 Å². The van der Waals surface area contributed by atoms with E-state index < -0.39 is 0 Å². The Morgan fingerprint density at radius 2 is 1.91 bits per heavy atom. The Labute approximate surface area is 67.4 Å². The van der Waals surface area contributed by atoms with Crippen molar-refractivity contribution in [2.75, 3.05) is 6.54 Å². The lowest BCUT2D eigenvalue weighted by Crippen LogP contribution is -2.39. The minimum Gasteiger partial charge on any atom is -0.357 e. The molecule has 64 valence electrons. The summed E-state index contributed by atoms with van der Waals surface area (Å²) < 4.78 is 0. The van der Waals surface area contributed by atoms with Crippen LogP contribution < -0.4 is 10.6 Å². The highest BCUT2D eigenvalue weighted by molar-refractivity contribution is 5.96. The Kier molecular flexibility index (Phi) is 5.15. The summed E-state index contributed by atoms with van der Waals surface area (Å²) in [7, 11) is 0. The molecule has 0 amide bonds. The van der Waals surface area contributed by atoms with Crippen LogP contribution in [0.1, 0.15) is 26.7 Å². The molecule has 0 radical (unpaired) electrons. The number of amidine groups is 1. The van der Waals surface area contributed by atoms with Gasteiger partial charge in [-0.3, -0.25) is 10.8 Å². The first-order valence-electron chi connectivity index (χ1n) is 3.87. The van der Waals surface area contributed by atoms with Crippen molar-refractivity contribution in [2.24, 2.45) is 0 Å². The van der Waals surface area contributed by atoms with Gasteiger partial charge in [0, 0.05) is 13.0 Å². The van der Waals surface area contributed by atoms with Crippen LogP contribution >= 0.6 is 0 Å². The lowest BCUT2D eigenvalue weighted by molar-refractivity contribution is 0.899. The lowest BCUT2D eigenvalue weighted by Gasteiger charge is -2.08. The molecule has 0 atom stereocenters. The summed E-state index contributed by atoms with van der Waals surface area (Å²) in [5.41, 5.74) is 0. The Balaban J connectivity index is 3.49. The minimum atomic E-state index is 0.214. The van der Waals surface area contributed by atoms with Crippen LogP contribution in [0.2, 0.25) is 0 Å². The van der Waals surface area contributed by atoms with E-state index in [4.69, 9.17) is 10.8 Å². The van der Waals surface area contributed by atoms with E-state index in [1.807, 2.05) is 13.8 Å². The zero-order valence-electron chi connectivity index (χ0n) is 7.12. The van der Waals surface area contributed by atoms with Crippen molar-refractivity contribution in [3.63, 3.8) is 0 Å². The first-order valence-corrected chi connectivity index (χ1v) is 3.87. The van der Waals surface area contributed by atoms with Gasteiger partial charge >= 0.3 is 0 Å². The van der Waals surface area contributed by atoms with Crippen LogP contribution in [-0.4, -0.2) is 18.3 Å². The van der Waals surface area contributed by atoms with Crippen LogP contribution in [0.4, 0.5) is 0 Å². The largest absolute Gasteiger partial charge is 0.357 e. The molecule has 4 N–H and O–H groups in total. The van der Waals surface area contributed by atoms with E-state index in [-0.39, 0.29) is 5.96 Å². The van der Waals surface area contributed by atoms with E-state index in [1.165, 1.54) is 0 Å². The molecule has 4 nitrogen and oxygen atoms in total. The summed E-state index contributed by atoms with van der Waals surface area (Å²) in [5, 5.41) is 19.9. The molecule has 0 aromatic heterocycles. The van der Waals surface area contributed by atoms with Gasteiger partial charge < -0.3 is 10.6 Å². The molecular weight excluding hydrogens is 140 g/mol. The molecule has 0 heterocycles. The van der Waals surface area contributed by atoms with E-state index in [1.54, 1.807) is 0 Å². The second kappa shape index (κ2) is 5.70. The third-order valence-corrected chi connectivity index (χ3v) is 1.13. The van der Waals surface area contributed by atoms with Crippen molar-refractivity contribution in [1.82, 2.24) is 10.6 Å². The van der Waals surface area contributed by atoms with Gasteiger partial charge in [0.25, 0.3) is 0 Å². The van der Waals surface area contributed by atoms with E-state index in [0.29, 0.717) is 18.8 Å². The van der Waals surface area contributed by atoms with Crippen molar-refractivity contribution in [1.29, 1.82) is 10.8 Å². The van der Waals surface area contributed by atoms with Crippen LogP contribution in [0.15, 0.2) is 0 Å². The SMILES string of the molecule is CCCC(=N)NC(=N)NCC. The van der Waals surface area contributed by atoms with Gasteiger partial charge in [-0.1, -0.05) is 6.92 Å². The van der Waals surface area contributed by atoms with E-state index in [0.717, 1.165) is 6.42 Å². The maximum absolute atomic E-state index is 7.31. The molecule has 0 spiro atoms. The second-order valence-electron chi connectivity index (χ2n) is 2.26. The number of hydrogen-bond acceptors (Lipinski definition) is 2. The summed E-state index contributed by atoms with van der Waals surface area (Å²) in [5.74, 6) is 0.615. The monoisotopic (exact) mass is 156 g/mol. The highest BCUT2D eigenvalue weighted by Gasteiger charge is 1.96. The fourth-order valence-electron chi connectivity index (χ4n) is 0.684. The van der Waals surface area contributed by atoms with Crippen molar-refractivity contribution >= 4 is 11.8 Å². The van der Waals surface area contributed by atoms with Gasteiger partial charge in [-0.15, -0.1) is 0 Å². The molecule has 4 heteroatoms. The molecule has 0 aliphatic heterocycles. The van der Waals surface area contributed by atoms with Crippen LogP contribution in [0.3, 0.4) is 0 Å².